The normalized spacial score (nSPS) is 10.6. The van der Waals surface area contributed by atoms with Crippen LogP contribution in [0.5, 0.6) is 0 Å². The van der Waals surface area contributed by atoms with Gasteiger partial charge < -0.3 is 15.6 Å². The number of halogens is 2. The summed E-state index contributed by atoms with van der Waals surface area (Å²) in [5.41, 5.74) is 5.27. The van der Waals surface area contributed by atoms with Crippen molar-refractivity contribution in [3.05, 3.63) is 35.9 Å². The number of nitrogens with one attached hydrogen (secondary N) is 1. The molecule has 0 aromatic carbocycles. The summed E-state index contributed by atoms with van der Waals surface area (Å²) < 4.78 is 28.1. The molecule has 2 heterocycles. The van der Waals surface area contributed by atoms with E-state index >= 15 is 0 Å². The highest BCUT2D eigenvalue weighted by Crippen LogP contribution is 2.16. The zero-order chi connectivity index (χ0) is 13.1. The van der Waals surface area contributed by atoms with Crippen LogP contribution in [0.25, 0.3) is 0 Å². The molecule has 0 radical (unpaired) electrons. The van der Waals surface area contributed by atoms with Crippen LogP contribution in [-0.4, -0.2) is 21.1 Å². The molecule has 0 spiro atoms. The Balaban J connectivity index is 1.99. The van der Waals surface area contributed by atoms with Gasteiger partial charge in [0.25, 0.3) is 0 Å². The molecule has 7 heteroatoms. The van der Waals surface area contributed by atoms with E-state index in [9.17, 15) is 8.78 Å². The number of nitrogens with zero attached hydrogens (tertiary/aromatic N) is 3. The van der Waals surface area contributed by atoms with Crippen molar-refractivity contribution < 1.29 is 8.78 Å². The summed E-state index contributed by atoms with van der Waals surface area (Å²) in [5.74, 6) is -1.14. The van der Waals surface area contributed by atoms with Crippen LogP contribution in [0.1, 0.15) is 5.82 Å². The molecule has 0 saturated heterocycles. The molecule has 2 aromatic heterocycles. The molecule has 0 fully saturated rings. The second-order valence-corrected chi connectivity index (χ2v) is 3.82. The van der Waals surface area contributed by atoms with E-state index in [1.54, 1.807) is 6.20 Å². The summed E-state index contributed by atoms with van der Waals surface area (Å²) in [5, 5.41) is 2.76. The molecule has 96 valence electrons. The van der Waals surface area contributed by atoms with E-state index in [1.165, 1.54) is 0 Å². The Labute approximate surface area is 103 Å². The van der Waals surface area contributed by atoms with Crippen molar-refractivity contribution in [2.45, 2.75) is 6.42 Å². The molecule has 0 atom stereocenters. The first kappa shape index (κ1) is 12.3. The number of pyridine rings is 1. The highest BCUT2D eigenvalue weighted by atomic mass is 19.1. The van der Waals surface area contributed by atoms with E-state index in [-0.39, 0.29) is 11.6 Å². The largest absolute Gasteiger partial charge is 0.381 e. The van der Waals surface area contributed by atoms with E-state index in [2.05, 4.69) is 15.3 Å². The van der Waals surface area contributed by atoms with Crippen LogP contribution in [0.3, 0.4) is 0 Å². The molecule has 0 saturated carbocycles. The zero-order valence-corrected chi connectivity index (χ0v) is 9.82. The predicted molar refractivity (Wildman–Crippen MR) is 64.0 cm³/mol. The third-order valence-electron chi connectivity index (χ3n) is 2.52. The van der Waals surface area contributed by atoms with Gasteiger partial charge in [0, 0.05) is 38.5 Å². The smallest absolute Gasteiger partial charge is 0.168 e. The highest BCUT2D eigenvalue weighted by Gasteiger charge is 2.09. The second-order valence-electron chi connectivity index (χ2n) is 3.82. The van der Waals surface area contributed by atoms with E-state index in [0.29, 0.717) is 19.0 Å². The maximum atomic E-state index is 13.3. The SMILES string of the molecule is Cn1ccnc1CCNc1nc(N)c(F)cc1F. The number of rotatable bonds is 4. The number of aromatic nitrogens is 3. The van der Waals surface area contributed by atoms with E-state index in [0.717, 1.165) is 5.82 Å². The Kier molecular flexibility index (Phi) is 3.40. The molecule has 2 aromatic rings. The quantitative estimate of drug-likeness (QED) is 0.862. The fraction of sp³-hybridized carbons (Fsp3) is 0.273. The first-order valence-corrected chi connectivity index (χ1v) is 5.39. The lowest BCUT2D eigenvalue weighted by atomic mass is 10.3. The monoisotopic (exact) mass is 253 g/mol. The number of nitrogens with two attached hydrogens (primary N) is 1. The van der Waals surface area contributed by atoms with Crippen LogP contribution in [0, 0.1) is 11.6 Å². The van der Waals surface area contributed by atoms with Gasteiger partial charge in [0.15, 0.2) is 23.3 Å². The van der Waals surface area contributed by atoms with Crippen molar-refractivity contribution in [2.24, 2.45) is 7.05 Å². The Hall–Kier alpha value is -2.18. The molecule has 0 unspecified atom stereocenters. The van der Waals surface area contributed by atoms with Crippen LogP contribution in [0.15, 0.2) is 18.5 Å². The fourth-order valence-corrected chi connectivity index (χ4v) is 1.53. The van der Waals surface area contributed by atoms with Crippen LogP contribution in [-0.2, 0) is 13.5 Å². The molecule has 0 bridgehead atoms. The first-order valence-electron chi connectivity index (χ1n) is 5.39. The second kappa shape index (κ2) is 4.99. The highest BCUT2D eigenvalue weighted by molar-refractivity contribution is 5.44. The van der Waals surface area contributed by atoms with Gasteiger partial charge in [-0.1, -0.05) is 0 Å². The average molecular weight is 253 g/mol. The summed E-state index contributed by atoms with van der Waals surface area (Å²) in [6.45, 7) is 0.430. The number of hydrogen-bond donors (Lipinski definition) is 2. The van der Waals surface area contributed by atoms with Crippen LogP contribution in [0.2, 0.25) is 0 Å². The van der Waals surface area contributed by atoms with Gasteiger partial charge in [-0.25, -0.2) is 18.7 Å². The standard InChI is InChI=1S/C11H13F2N5/c1-18-5-4-15-9(18)2-3-16-11-8(13)6-7(12)10(14)17-11/h4-6H,2-3H2,1H3,(H3,14,16,17). The van der Waals surface area contributed by atoms with E-state index < -0.39 is 11.6 Å². The minimum absolute atomic E-state index is 0.0527. The summed E-state index contributed by atoms with van der Waals surface area (Å²) in [6.07, 6.45) is 4.11. The van der Waals surface area contributed by atoms with Gasteiger partial charge in [0.05, 0.1) is 0 Å². The zero-order valence-electron chi connectivity index (χ0n) is 9.82. The fourth-order valence-electron chi connectivity index (χ4n) is 1.53. The molecule has 0 aliphatic rings. The summed E-state index contributed by atoms with van der Waals surface area (Å²) in [4.78, 5) is 7.73. The minimum atomic E-state index is -0.859. The van der Waals surface area contributed by atoms with Crippen LogP contribution >= 0.6 is 0 Å². The van der Waals surface area contributed by atoms with Crippen LogP contribution in [0.4, 0.5) is 20.4 Å². The van der Waals surface area contributed by atoms with Gasteiger partial charge in [-0.05, 0) is 0 Å². The summed E-state index contributed by atoms with van der Waals surface area (Å²) in [7, 11) is 1.87. The lowest BCUT2D eigenvalue weighted by Crippen LogP contribution is -2.12. The Morgan fingerprint density at radius 2 is 2.17 bits per heavy atom. The van der Waals surface area contributed by atoms with E-state index in [4.69, 9.17) is 5.73 Å². The van der Waals surface area contributed by atoms with Crippen molar-refractivity contribution in [2.75, 3.05) is 17.6 Å². The van der Waals surface area contributed by atoms with Crippen LogP contribution < -0.4 is 11.1 Å². The molecule has 3 N–H and O–H groups in total. The van der Waals surface area contributed by atoms with Crippen molar-refractivity contribution in [3.8, 4) is 0 Å². The third-order valence-corrected chi connectivity index (χ3v) is 2.52. The van der Waals surface area contributed by atoms with Crippen molar-refractivity contribution in [1.29, 1.82) is 0 Å². The Morgan fingerprint density at radius 1 is 1.39 bits per heavy atom. The predicted octanol–water partition coefficient (Wildman–Crippen LogP) is 1.33. The molecule has 2 rings (SSSR count). The summed E-state index contributed by atoms with van der Waals surface area (Å²) in [6, 6.07) is 0.714. The molecule has 0 aliphatic carbocycles. The van der Waals surface area contributed by atoms with Gasteiger partial charge in [0.1, 0.15) is 5.82 Å². The maximum Gasteiger partial charge on any atom is 0.168 e. The number of imidazole rings is 1. The number of nitrogen functional groups attached to an aromatic ring is 1. The number of hydrogen-bond acceptors (Lipinski definition) is 4. The Morgan fingerprint density at radius 3 is 2.83 bits per heavy atom. The molecular weight excluding hydrogens is 240 g/mol. The van der Waals surface area contributed by atoms with E-state index in [1.807, 2.05) is 17.8 Å². The molecular formula is C11H13F2N5. The molecule has 0 amide bonds. The van der Waals surface area contributed by atoms with Crippen molar-refractivity contribution >= 4 is 11.6 Å². The number of aryl methyl sites for hydroxylation is 1. The molecule has 5 nitrogen and oxygen atoms in total. The van der Waals surface area contributed by atoms with Gasteiger partial charge in [-0.2, -0.15) is 0 Å². The average Bonchev–Trinajstić information content (AvgIpc) is 2.72. The van der Waals surface area contributed by atoms with Gasteiger partial charge >= 0.3 is 0 Å². The third kappa shape index (κ3) is 2.55. The topological polar surface area (TPSA) is 68.8 Å². The first-order chi connectivity index (χ1) is 8.58. The van der Waals surface area contributed by atoms with Crippen molar-refractivity contribution in [3.63, 3.8) is 0 Å². The van der Waals surface area contributed by atoms with Crippen molar-refractivity contribution in [1.82, 2.24) is 14.5 Å². The van der Waals surface area contributed by atoms with Gasteiger partial charge in [-0.3, -0.25) is 0 Å². The molecule has 0 aliphatic heterocycles. The minimum Gasteiger partial charge on any atom is -0.381 e. The maximum absolute atomic E-state index is 13.3. The Bertz CT molecular complexity index is 552. The van der Waals surface area contributed by atoms with Gasteiger partial charge in [-0.15, -0.1) is 0 Å². The number of anilines is 2. The lowest BCUT2D eigenvalue weighted by Gasteiger charge is -2.07. The molecule has 18 heavy (non-hydrogen) atoms. The summed E-state index contributed by atoms with van der Waals surface area (Å²) >= 11 is 0. The lowest BCUT2D eigenvalue weighted by molar-refractivity contribution is 0.579. The van der Waals surface area contributed by atoms with Gasteiger partial charge in [0.2, 0.25) is 0 Å².